The molecule has 3 rings (SSSR count). The lowest BCUT2D eigenvalue weighted by Gasteiger charge is -2.33. The van der Waals surface area contributed by atoms with Gasteiger partial charge in [0.15, 0.2) is 0 Å². The Labute approximate surface area is 168 Å². The van der Waals surface area contributed by atoms with Gasteiger partial charge < -0.3 is 9.64 Å². The van der Waals surface area contributed by atoms with Gasteiger partial charge in [-0.1, -0.05) is 36.4 Å². The van der Waals surface area contributed by atoms with Crippen molar-refractivity contribution in [2.75, 3.05) is 26.2 Å². The fourth-order valence-electron chi connectivity index (χ4n) is 2.95. The van der Waals surface area contributed by atoms with Gasteiger partial charge in [-0.2, -0.15) is 13.1 Å². The lowest BCUT2D eigenvalue weighted by molar-refractivity contribution is -0.0499. The Bertz CT molecular complexity index is 973. The zero-order chi connectivity index (χ0) is 20.9. The van der Waals surface area contributed by atoms with Gasteiger partial charge in [0, 0.05) is 37.2 Å². The van der Waals surface area contributed by atoms with E-state index < -0.39 is 16.6 Å². The summed E-state index contributed by atoms with van der Waals surface area (Å²) in [5, 5.41) is 1.16. The van der Waals surface area contributed by atoms with Crippen LogP contribution < -0.4 is 4.74 Å². The van der Waals surface area contributed by atoms with E-state index in [0.717, 1.165) is 11.0 Å². The Morgan fingerprint density at radius 1 is 1.00 bits per heavy atom. The molecule has 1 amide bonds. The van der Waals surface area contributed by atoms with E-state index in [-0.39, 0.29) is 43.4 Å². The summed E-state index contributed by atoms with van der Waals surface area (Å²) >= 11 is 0. The van der Waals surface area contributed by atoms with Gasteiger partial charge in [0.1, 0.15) is 5.75 Å². The van der Waals surface area contributed by atoms with Crippen molar-refractivity contribution in [1.82, 2.24) is 9.21 Å². The number of hydrogen-bond acceptors (Lipinski definition) is 4. The number of benzene rings is 2. The predicted octanol–water partition coefficient (Wildman–Crippen LogP) is 3.05. The van der Waals surface area contributed by atoms with Crippen molar-refractivity contribution in [3.8, 4) is 5.75 Å². The first-order chi connectivity index (χ1) is 13.8. The average molecular weight is 422 g/mol. The molecule has 1 saturated heterocycles. The zero-order valence-electron chi connectivity index (χ0n) is 15.4. The maximum atomic E-state index is 12.6. The number of amides is 1. The molecule has 0 N–H and O–H groups in total. The maximum absolute atomic E-state index is 12.6. The van der Waals surface area contributed by atoms with Crippen molar-refractivity contribution >= 4 is 22.0 Å². The number of carbonyl (C=O) groups excluding carboxylic acids is 1. The Kier molecular flexibility index (Phi) is 6.60. The standard InChI is InChI=1S/C20H20F2N2O4S/c21-20(22)28-18-8-4-7-17(15-18)19(25)23-10-12-24(13-11-23)29(26,27)14-9-16-5-2-1-3-6-16/h1-9,14-15,20H,10-13H2/b14-9+. The lowest BCUT2D eigenvalue weighted by atomic mass is 10.1. The van der Waals surface area contributed by atoms with Crippen molar-refractivity contribution in [3.05, 3.63) is 71.1 Å². The van der Waals surface area contributed by atoms with Crippen LogP contribution in [-0.2, 0) is 10.0 Å². The summed E-state index contributed by atoms with van der Waals surface area (Å²) < 4.78 is 55.3. The van der Waals surface area contributed by atoms with Crippen LogP contribution in [0.25, 0.3) is 6.08 Å². The monoisotopic (exact) mass is 422 g/mol. The van der Waals surface area contributed by atoms with E-state index >= 15 is 0 Å². The Morgan fingerprint density at radius 3 is 2.34 bits per heavy atom. The highest BCUT2D eigenvalue weighted by Crippen LogP contribution is 2.19. The molecule has 29 heavy (non-hydrogen) atoms. The number of sulfonamides is 1. The summed E-state index contributed by atoms with van der Waals surface area (Å²) in [6, 6.07) is 14.6. The molecule has 2 aromatic rings. The molecule has 0 radical (unpaired) electrons. The number of piperazine rings is 1. The highest BCUT2D eigenvalue weighted by atomic mass is 32.2. The van der Waals surface area contributed by atoms with Crippen LogP contribution >= 0.6 is 0 Å². The van der Waals surface area contributed by atoms with Crippen molar-refractivity contribution < 1.29 is 26.7 Å². The minimum atomic E-state index is -3.60. The van der Waals surface area contributed by atoms with E-state index in [1.807, 2.05) is 18.2 Å². The van der Waals surface area contributed by atoms with Crippen molar-refractivity contribution in [2.24, 2.45) is 0 Å². The van der Waals surface area contributed by atoms with Gasteiger partial charge >= 0.3 is 6.61 Å². The molecule has 1 aliphatic heterocycles. The first kappa shape index (κ1) is 20.9. The summed E-state index contributed by atoms with van der Waals surface area (Å²) in [7, 11) is -3.60. The Balaban J connectivity index is 1.61. The van der Waals surface area contributed by atoms with E-state index in [1.165, 1.54) is 39.5 Å². The minimum Gasteiger partial charge on any atom is -0.435 e. The first-order valence-electron chi connectivity index (χ1n) is 8.92. The molecular formula is C20H20F2N2O4S. The zero-order valence-corrected chi connectivity index (χ0v) is 16.3. The molecule has 0 atom stereocenters. The van der Waals surface area contributed by atoms with E-state index in [9.17, 15) is 22.0 Å². The molecule has 9 heteroatoms. The van der Waals surface area contributed by atoms with E-state index in [2.05, 4.69) is 4.74 Å². The van der Waals surface area contributed by atoms with E-state index in [0.29, 0.717) is 0 Å². The number of hydrogen-bond donors (Lipinski definition) is 0. The molecule has 0 aromatic heterocycles. The molecule has 0 spiro atoms. The summed E-state index contributed by atoms with van der Waals surface area (Å²) in [5.74, 6) is -0.459. The number of rotatable bonds is 6. The maximum Gasteiger partial charge on any atom is 0.387 e. The van der Waals surface area contributed by atoms with Crippen LogP contribution in [0.3, 0.4) is 0 Å². The Morgan fingerprint density at radius 2 is 1.69 bits per heavy atom. The topological polar surface area (TPSA) is 66.9 Å². The number of carbonyl (C=O) groups is 1. The Hall–Kier alpha value is -2.78. The molecule has 1 aliphatic rings. The molecule has 0 unspecified atom stereocenters. The molecule has 1 fully saturated rings. The number of nitrogens with zero attached hydrogens (tertiary/aromatic N) is 2. The van der Waals surface area contributed by atoms with Gasteiger partial charge in [0.2, 0.25) is 10.0 Å². The van der Waals surface area contributed by atoms with Crippen molar-refractivity contribution in [2.45, 2.75) is 6.61 Å². The number of alkyl halides is 2. The molecule has 6 nitrogen and oxygen atoms in total. The normalized spacial score (nSPS) is 15.8. The largest absolute Gasteiger partial charge is 0.435 e. The van der Waals surface area contributed by atoms with Crippen LogP contribution in [0.5, 0.6) is 5.75 Å². The average Bonchev–Trinajstić information content (AvgIpc) is 2.72. The number of halogens is 2. The summed E-state index contributed by atoms with van der Waals surface area (Å²) in [4.78, 5) is 14.1. The molecule has 1 heterocycles. The molecule has 0 bridgehead atoms. The fraction of sp³-hybridized carbons (Fsp3) is 0.250. The third-order valence-electron chi connectivity index (χ3n) is 4.42. The van der Waals surface area contributed by atoms with Gasteiger partial charge in [-0.25, -0.2) is 8.42 Å². The summed E-state index contributed by atoms with van der Waals surface area (Å²) in [6.45, 7) is -2.26. The molecule has 0 aliphatic carbocycles. The quantitative estimate of drug-likeness (QED) is 0.718. The van der Waals surface area contributed by atoms with Crippen LogP contribution in [-0.4, -0.2) is 56.3 Å². The van der Waals surface area contributed by atoms with Gasteiger partial charge in [-0.3, -0.25) is 4.79 Å². The second-order valence-corrected chi connectivity index (χ2v) is 8.17. The predicted molar refractivity (Wildman–Crippen MR) is 105 cm³/mol. The summed E-state index contributed by atoms with van der Waals surface area (Å²) in [5.41, 5.74) is 0.985. The molecule has 154 valence electrons. The third kappa shape index (κ3) is 5.61. The van der Waals surface area contributed by atoms with Gasteiger partial charge in [0.25, 0.3) is 5.91 Å². The molecule has 0 saturated carbocycles. The number of ether oxygens (including phenoxy) is 1. The van der Waals surface area contributed by atoms with Crippen LogP contribution in [0.15, 0.2) is 60.0 Å². The molecule has 2 aromatic carbocycles. The highest BCUT2D eigenvalue weighted by Gasteiger charge is 2.28. The van der Waals surface area contributed by atoms with Crippen molar-refractivity contribution in [3.63, 3.8) is 0 Å². The third-order valence-corrected chi connectivity index (χ3v) is 5.99. The van der Waals surface area contributed by atoms with Crippen LogP contribution in [0.1, 0.15) is 15.9 Å². The smallest absolute Gasteiger partial charge is 0.387 e. The van der Waals surface area contributed by atoms with Gasteiger partial charge in [0.05, 0.1) is 0 Å². The van der Waals surface area contributed by atoms with Crippen LogP contribution in [0.2, 0.25) is 0 Å². The second-order valence-electron chi connectivity index (χ2n) is 6.36. The second kappa shape index (κ2) is 9.15. The minimum absolute atomic E-state index is 0.0990. The summed E-state index contributed by atoms with van der Waals surface area (Å²) in [6.07, 6.45) is 1.53. The highest BCUT2D eigenvalue weighted by molar-refractivity contribution is 7.92. The first-order valence-corrected chi connectivity index (χ1v) is 10.4. The van der Waals surface area contributed by atoms with Gasteiger partial charge in [-0.15, -0.1) is 0 Å². The van der Waals surface area contributed by atoms with Crippen LogP contribution in [0, 0.1) is 0 Å². The van der Waals surface area contributed by atoms with E-state index in [1.54, 1.807) is 12.1 Å². The van der Waals surface area contributed by atoms with Gasteiger partial charge in [-0.05, 0) is 29.8 Å². The van der Waals surface area contributed by atoms with Crippen molar-refractivity contribution in [1.29, 1.82) is 0 Å². The fourth-order valence-corrected chi connectivity index (χ4v) is 4.12. The van der Waals surface area contributed by atoms with E-state index in [4.69, 9.17) is 0 Å². The molecular weight excluding hydrogens is 402 g/mol. The SMILES string of the molecule is O=C(c1cccc(OC(F)F)c1)N1CCN(S(=O)(=O)/C=C/c2ccccc2)CC1. The lowest BCUT2D eigenvalue weighted by Crippen LogP contribution is -2.50. The van der Waals surface area contributed by atoms with Crippen LogP contribution in [0.4, 0.5) is 8.78 Å².